The van der Waals surface area contributed by atoms with E-state index in [1.165, 1.54) is 0 Å². The van der Waals surface area contributed by atoms with E-state index in [1.54, 1.807) is 0 Å². The Morgan fingerprint density at radius 2 is 1.12 bits per heavy atom. The highest BCUT2D eigenvalue weighted by atomic mass is 16.7. The van der Waals surface area contributed by atoms with E-state index in [-0.39, 0.29) is 6.61 Å². The topological polar surface area (TPSA) is 83.2 Å². The average Bonchev–Trinajstić information content (AvgIpc) is 2.85. The summed E-state index contributed by atoms with van der Waals surface area (Å²) in [5, 5.41) is 10.7. The fourth-order valence-electron chi connectivity index (χ4n) is 3.91. The van der Waals surface area contributed by atoms with Gasteiger partial charge in [-0.1, -0.05) is 91.0 Å². The fourth-order valence-corrected chi connectivity index (χ4v) is 3.91. The Morgan fingerprint density at radius 1 is 0.667 bits per heavy atom. The van der Waals surface area contributed by atoms with E-state index in [0.29, 0.717) is 19.8 Å². The highest BCUT2D eigenvalue weighted by molar-refractivity contribution is 5.15. The van der Waals surface area contributed by atoms with Crippen LogP contribution in [0, 0.1) is 0 Å². The summed E-state index contributed by atoms with van der Waals surface area (Å²) in [5.41, 5.74) is 9.65. The monoisotopic (exact) mass is 449 g/mol. The van der Waals surface area contributed by atoms with Gasteiger partial charge in [0.15, 0.2) is 6.29 Å². The van der Waals surface area contributed by atoms with Gasteiger partial charge in [-0.25, -0.2) is 0 Å². The molecule has 1 saturated heterocycles. The third-order valence-corrected chi connectivity index (χ3v) is 5.68. The fraction of sp³-hybridized carbons (Fsp3) is 0.333. The second-order valence-electron chi connectivity index (χ2n) is 8.17. The average molecular weight is 450 g/mol. The van der Waals surface area contributed by atoms with Crippen LogP contribution in [0.4, 0.5) is 0 Å². The van der Waals surface area contributed by atoms with Gasteiger partial charge in [0, 0.05) is 0 Å². The lowest BCUT2D eigenvalue weighted by atomic mass is 9.96. The number of rotatable bonds is 10. The molecular weight excluding hydrogens is 418 g/mol. The summed E-state index contributed by atoms with van der Waals surface area (Å²) in [6.07, 6.45) is -2.94. The minimum Gasteiger partial charge on any atom is -0.374 e. The van der Waals surface area contributed by atoms with Crippen LogP contribution in [-0.2, 0) is 38.8 Å². The second kappa shape index (κ2) is 12.0. The molecule has 0 aliphatic carbocycles. The summed E-state index contributed by atoms with van der Waals surface area (Å²) in [6, 6.07) is 28.9. The van der Waals surface area contributed by atoms with Crippen molar-refractivity contribution in [1.82, 2.24) is 0 Å². The number of hydrogen-bond acceptors (Lipinski definition) is 6. The number of benzene rings is 3. The number of hydrogen-bond donors (Lipinski definition) is 2. The molecule has 1 heterocycles. The molecular formula is C27H31NO5. The molecule has 6 heteroatoms. The standard InChI is InChI=1S/C27H31NO5/c28-24-25(31-17-21-12-6-2-7-13-21)23(19-30-16-20-10-4-1-5-11-20)33-27(29)26(24)32-18-22-14-8-3-9-15-22/h1-15,23-27,29H,16-19,28H2/t23-,24-,25-,26+,27?/m1/s1. The van der Waals surface area contributed by atoms with E-state index in [4.69, 9.17) is 24.7 Å². The molecule has 0 aromatic heterocycles. The van der Waals surface area contributed by atoms with Crippen LogP contribution in [0.25, 0.3) is 0 Å². The third kappa shape index (κ3) is 6.71. The van der Waals surface area contributed by atoms with Gasteiger partial charge in [-0.2, -0.15) is 0 Å². The molecule has 33 heavy (non-hydrogen) atoms. The van der Waals surface area contributed by atoms with Crippen LogP contribution in [-0.4, -0.2) is 42.4 Å². The van der Waals surface area contributed by atoms with Crippen molar-refractivity contribution in [1.29, 1.82) is 0 Å². The maximum Gasteiger partial charge on any atom is 0.183 e. The first-order valence-electron chi connectivity index (χ1n) is 11.2. The van der Waals surface area contributed by atoms with Crippen molar-refractivity contribution in [2.45, 2.75) is 50.5 Å². The van der Waals surface area contributed by atoms with Crippen molar-refractivity contribution < 1.29 is 24.1 Å². The van der Waals surface area contributed by atoms with Gasteiger partial charge < -0.3 is 29.8 Å². The van der Waals surface area contributed by atoms with Crippen molar-refractivity contribution in [3.63, 3.8) is 0 Å². The van der Waals surface area contributed by atoms with Crippen molar-refractivity contribution in [3.8, 4) is 0 Å². The van der Waals surface area contributed by atoms with Crippen LogP contribution in [0.1, 0.15) is 16.7 Å². The van der Waals surface area contributed by atoms with Crippen molar-refractivity contribution in [3.05, 3.63) is 108 Å². The molecule has 0 bridgehead atoms. The Hall–Kier alpha value is -2.58. The van der Waals surface area contributed by atoms with Crippen molar-refractivity contribution in [2.24, 2.45) is 5.73 Å². The molecule has 1 aliphatic heterocycles. The summed E-state index contributed by atoms with van der Waals surface area (Å²) in [4.78, 5) is 0. The zero-order valence-electron chi connectivity index (χ0n) is 18.5. The van der Waals surface area contributed by atoms with E-state index in [1.807, 2.05) is 91.0 Å². The van der Waals surface area contributed by atoms with Gasteiger partial charge in [0.2, 0.25) is 0 Å². The third-order valence-electron chi connectivity index (χ3n) is 5.68. The first-order valence-corrected chi connectivity index (χ1v) is 11.2. The zero-order valence-corrected chi connectivity index (χ0v) is 18.5. The molecule has 0 saturated carbocycles. The minimum atomic E-state index is -1.18. The molecule has 174 valence electrons. The SMILES string of the molecule is N[C@@H]1[C@H](OCc2ccccc2)[C@@H](COCc2ccccc2)OC(O)[C@H]1OCc1ccccc1. The van der Waals surface area contributed by atoms with Crippen LogP contribution in [0.3, 0.4) is 0 Å². The Kier molecular flexibility index (Phi) is 8.60. The van der Waals surface area contributed by atoms with Gasteiger partial charge >= 0.3 is 0 Å². The van der Waals surface area contributed by atoms with Crippen molar-refractivity contribution >= 4 is 0 Å². The highest BCUT2D eigenvalue weighted by Gasteiger charge is 2.45. The quantitative estimate of drug-likeness (QED) is 0.494. The van der Waals surface area contributed by atoms with Crippen molar-refractivity contribution in [2.75, 3.05) is 6.61 Å². The predicted molar refractivity (Wildman–Crippen MR) is 125 cm³/mol. The Bertz CT molecular complexity index is 939. The molecule has 0 amide bonds. The minimum absolute atomic E-state index is 0.241. The molecule has 5 atom stereocenters. The number of ether oxygens (including phenoxy) is 4. The summed E-state index contributed by atoms with van der Waals surface area (Å²) in [5.74, 6) is 0. The van der Waals surface area contributed by atoms with Crippen LogP contribution >= 0.6 is 0 Å². The first-order chi connectivity index (χ1) is 16.2. The zero-order chi connectivity index (χ0) is 22.9. The molecule has 0 radical (unpaired) electrons. The van der Waals surface area contributed by atoms with E-state index >= 15 is 0 Å². The van der Waals surface area contributed by atoms with Crippen LogP contribution in [0.5, 0.6) is 0 Å². The maximum atomic E-state index is 10.7. The second-order valence-corrected chi connectivity index (χ2v) is 8.17. The van der Waals surface area contributed by atoms with Gasteiger partial charge in [0.25, 0.3) is 0 Å². The molecule has 1 unspecified atom stereocenters. The summed E-state index contributed by atoms with van der Waals surface area (Å²) in [7, 11) is 0. The molecule has 4 rings (SSSR count). The van der Waals surface area contributed by atoms with Crippen LogP contribution in [0.2, 0.25) is 0 Å². The Morgan fingerprint density at radius 3 is 1.64 bits per heavy atom. The van der Waals surface area contributed by atoms with Gasteiger partial charge in [-0.3, -0.25) is 0 Å². The molecule has 0 spiro atoms. The number of nitrogens with two attached hydrogens (primary N) is 1. The lowest BCUT2D eigenvalue weighted by Gasteiger charge is -2.43. The van der Waals surface area contributed by atoms with Gasteiger partial charge in [0.05, 0.1) is 32.5 Å². The lowest BCUT2D eigenvalue weighted by Crippen LogP contribution is -2.63. The summed E-state index contributed by atoms with van der Waals surface area (Å²) < 4.78 is 24.0. The largest absolute Gasteiger partial charge is 0.374 e. The summed E-state index contributed by atoms with van der Waals surface area (Å²) in [6.45, 7) is 1.37. The van der Waals surface area contributed by atoms with Crippen LogP contribution < -0.4 is 5.73 Å². The van der Waals surface area contributed by atoms with E-state index < -0.39 is 30.6 Å². The predicted octanol–water partition coefficient (Wildman–Crippen LogP) is 3.42. The summed E-state index contributed by atoms with van der Waals surface area (Å²) >= 11 is 0. The molecule has 3 aromatic carbocycles. The van der Waals surface area contributed by atoms with Crippen LogP contribution in [0.15, 0.2) is 91.0 Å². The molecule has 1 fully saturated rings. The maximum absolute atomic E-state index is 10.7. The lowest BCUT2D eigenvalue weighted by molar-refractivity contribution is -0.281. The van der Waals surface area contributed by atoms with E-state index in [2.05, 4.69) is 0 Å². The smallest absolute Gasteiger partial charge is 0.183 e. The Balaban J connectivity index is 1.41. The molecule has 3 aromatic rings. The highest BCUT2D eigenvalue weighted by Crippen LogP contribution is 2.26. The molecule has 1 aliphatic rings. The first kappa shape index (κ1) is 23.6. The molecule has 3 N–H and O–H groups in total. The van der Waals surface area contributed by atoms with Gasteiger partial charge in [-0.05, 0) is 16.7 Å². The van der Waals surface area contributed by atoms with Gasteiger partial charge in [-0.15, -0.1) is 0 Å². The van der Waals surface area contributed by atoms with E-state index in [9.17, 15) is 5.11 Å². The molecule has 6 nitrogen and oxygen atoms in total. The normalized spacial score (nSPS) is 25.1. The number of aliphatic hydroxyl groups excluding tert-OH is 1. The number of aliphatic hydroxyl groups is 1. The van der Waals surface area contributed by atoms with E-state index in [0.717, 1.165) is 16.7 Å². The van der Waals surface area contributed by atoms with Gasteiger partial charge in [0.1, 0.15) is 18.3 Å². The Labute approximate surface area is 194 Å².